The second kappa shape index (κ2) is 1.76. The average Bonchev–Trinajstić information content (AvgIpc) is 2.61. The molecule has 2 heteroatoms. The maximum Gasteiger partial charge on any atom is 0.312 e. The van der Waals surface area contributed by atoms with Gasteiger partial charge in [0.25, 0.3) is 0 Å². The van der Waals surface area contributed by atoms with E-state index in [9.17, 15) is 4.79 Å². The van der Waals surface area contributed by atoms with Crippen LogP contribution in [-0.4, -0.2) is 13.1 Å². The zero-order chi connectivity index (χ0) is 8.34. The Labute approximate surface area is 71.6 Å². The predicted molar refractivity (Wildman–Crippen MR) is 43.3 cm³/mol. The molecule has 3 rings (SSSR count). The van der Waals surface area contributed by atoms with Gasteiger partial charge in [0.1, 0.15) is 0 Å². The minimum absolute atomic E-state index is 0.0318. The lowest BCUT2D eigenvalue weighted by Crippen LogP contribution is -2.24. The largest absolute Gasteiger partial charge is 0.469 e. The molecule has 0 aromatic carbocycles. The smallest absolute Gasteiger partial charge is 0.312 e. The van der Waals surface area contributed by atoms with Crippen LogP contribution in [0.2, 0.25) is 0 Å². The van der Waals surface area contributed by atoms with Crippen molar-refractivity contribution in [3.8, 4) is 0 Å². The molecule has 2 nitrogen and oxygen atoms in total. The molecule has 4 atom stereocenters. The van der Waals surface area contributed by atoms with Crippen molar-refractivity contribution in [1.29, 1.82) is 0 Å². The van der Waals surface area contributed by atoms with Crippen molar-refractivity contribution in [2.75, 3.05) is 7.11 Å². The number of methoxy groups -OCH3 is 1. The number of rotatable bonds is 1. The summed E-state index contributed by atoms with van der Waals surface area (Å²) in [6.07, 6.45) is 6.76. The van der Waals surface area contributed by atoms with E-state index in [1.807, 2.05) is 0 Å². The molecule has 0 N–H and O–H groups in total. The van der Waals surface area contributed by atoms with Crippen LogP contribution < -0.4 is 0 Å². The van der Waals surface area contributed by atoms with E-state index in [2.05, 4.69) is 12.2 Å². The number of hydrogen-bond acceptors (Lipinski definition) is 2. The third-order valence-electron chi connectivity index (χ3n) is 3.92. The molecule has 0 amide bonds. The van der Waals surface area contributed by atoms with Gasteiger partial charge >= 0.3 is 5.97 Å². The maximum absolute atomic E-state index is 11.5. The zero-order valence-corrected chi connectivity index (χ0v) is 7.12. The molecule has 3 aliphatic carbocycles. The highest BCUT2D eigenvalue weighted by atomic mass is 16.5. The lowest BCUT2D eigenvalue weighted by atomic mass is 9.91. The molecule has 0 unspecified atom stereocenters. The van der Waals surface area contributed by atoms with Crippen molar-refractivity contribution in [3.63, 3.8) is 0 Å². The molecule has 2 bridgehead atoms. The molecular weight excluding hydrogens is 152 g/mol. The lowest BCUT2D eigenvalue weighted by Gasteiger charge is -2.16. The van der Waals surface area contributed by atoms with E-state index >= 15 is 0 Å². The fraction of sp³-hybridized carbons (Fsp3) is 0.700. The van der Waals surface area contributed by atoms with Gasteiger partial charge < -0.3 is 4.74 Å². The number of carbonyl (C=O) groups excluding carboxylic acids is 1. The number of allylic oxidation sites excluding steroid dienone is 2. The standard InChI is InChI=1S/C10H12O2/c1-12-9(11)10-5-8(10)6-2-3-7(10)4-6/h2-3,6-8H,4-5H2,1H3/t6-,7+,8-,10-/m1/s1. The molecule has 2 saturated carbocycles. The van der Waals surface area contributed by atoms with Crippen LogP contribution in [0.25, 0.3) is 0 Å². The quantitative estimate of drug-likeness (QED) is 0.432. The summed E-state index contributed by atoms with van der Waals surface area (Å²) in [6, 6.07) is 0. The Bertz CT molecular complexity index is 282. The number of carbonyl (C=O) groups is 1. The second-order valence-corrected chi connectivity index (χ2v) is 4.23. The van der Waals surface area contributed by atoms with Crippen LogP contribution in [0, 0.1) is 23.2 Å². The van der Waals surface area contributed by atoms with Gasteiger partial charge in [-0.25, -0.2) is 0 Å². The van der Waals surface area contributed by atoms with E-state index in [1.165, 1.54) is 13.5 Å². The molecule has 0 aliphatic heterocycles. The molecule has 0 aromatic heterocycles. The summed E-state index contributed by atoms with van der Waals surface area (Å²) in [5.41, 5.74) is -0.0613. The zero-order valence-electron chi connectivity index (χ0n) is 7.12. The number of esters is 1. The maximum atomic E-state index is 11.5. The van der Waals surface area contributed by atoms with Crippen molar-refractivity contribution in [3.05, 3.63) is 12.2 Å². The minimum Gasteiger partial charge on any atom is -0.469 e. The average molecular weight is 164 g/mol. The van der Waals surface area contributed by atoms with E-state index in [-0.39, 0.29) is 11.4 Å². The Balaban J connectivity index is 1.97. The molecule has 0 spiro atoms. The Morgan fingerprint density at radius 1 is 1.58 bits per heavy atom. The van der Waals surface area contributed by atoms with Gasteiger partial charge in [-0.2, -0.15) is 0 Å². The van der Waals surface area contributed by atoms with Crippen LogP contribution in [0.5, 0.6) is 0 Å². The molecule has 2 fully saturated rings. The first kappa shape index (κ1) is 6.70. The fourth-order valence-electron chi connectivity index (χ4n) is 3.25. The van der Waals surface area contributed by atoms with Gasteiger partial charge in [-0.1, -0.05) is 12.2 Å². The monoisotopic (exact) mass is 164 g/mol. The van der Waals surface area contributed by atoms with Gasteiger partial charge in [0.15, 0.2) is 0 Å². The summed E-state index contributed by atoms with van der Waals surface area (Å²) in [4.78, 5) is 11.5. The highest BCUT2D eigenvalue weighted by Gasteiger charge is 2.72. The Hall–Kier alpha value is -0.790. The first-order chi connectivity index (χ1) is 5.79. The van der Waals surface area contributed by atoms with Gasteiger partial charge in [-0.15, -0.1) is 0 Å². The van der Waals surface area contributed by atoms with Crippen molar-refractivity contribution in [2.45, 2.75) is 12.8 Å². The molecule has 0 aromatic rings. The van der Waals surface area contributed by atoms with Gasteiger partial charge in [-0.3, -0.25) is 4.79 Å². The third kappa shape index (κ3) is 0.501. The van der Waals surface area contributed by atoms with E-state index in [0.717, 1.165) is 6.42 Å². The van der Waals surface area contributed by atoms with Crippen molar-refractivity contribution < 1.29 is 9.53 Å². The van der Waals surface area contributed by atoms with E-state index in [1.54, 1.807) is 0 Å². The summed E-state index contributed by atoms with van der Waals surface area (Å²) in [5, 5.41) is 0. The molecular formula is C10H12O2. The van der Waals surface area contributed by atoms with Crippen LogP contribution in [0.1, 0.15) is 12.8 Å². The summed E-state index contributed by atoms with van der Waals surface area (Å²) < 4.78 is 4.86. The van der Waals surface area contributed by atoms with Crippen LogP contribution in [0.15, 0.2) is 12.2 Å². The first-order valence-electron chi connectivity index (χ1n) is 4.56. The molecule has 12 heavy (non-hydrogen) atoms. The normalized spacial score (nSPS) is 52.2. The number of fused-ring (bicyclic) bond motifs is 5. The molecule has 64 valence electrons. The van der Waals surface area contributed by atoms with Gasteiger partial charge in [0.05, 0.1) is 12.5 Å². The SMILES string of the molecule is COC(=O)[C@@]12C[C@@H]1[C@@H]1C=C[C@H]2C1. The van der Waals surface area contributed by atoms with E-state index in [0.29, 0.717) is 17.8 Å². The second-order valence-electron chi connectivity index (χ2n) is 4.23. The Morgan fingerprint density at radius 2 is 2.42 bits per heavy atom. The third-order valence-corrected chi connectivity index (χ3v) is 3.92. The summed E-state index contributed by atoms with van der Waals surface area (Å²) in [6.45, 7) is 0. The topological polar surface area (TPSA) is 26.3 Å². The summed E-state index contributed by atoms with van der Waals surface area (Å²) in [7, 11) is 1.50. The van der Waals surface area contributed by atoms with Gasteiger partial charge in [0, 0.05) is 0 Å². The fourth-order valence-corrected chi connectivity index (χ4v) is 3.25. The van der Waals surface area contributed by atoms with Crippen molar-refractivity contribution in [1.82, 2.24) is 0 Å². The summed E-state index contributed by atoms with van der Waals surface area (Å²) >= 11 is 0. The number of ether oxygens (including phenoxy) is 1. The number of hydrogen-bond donors (Lipinski definition) is 0. The van der Waals surface area contributed by atoms with Crippen LogP contribution >= 0.6 is 0 Å². The highest BCUT2D eigenvalue weighted by Crippen LogP contribution is 2.72. The van der Waals surface area contributed by atoms with E-state index in [4.69, 9.17) is 4.74 Å². The van der Waals surface area contributed by atoms with Crippen molar-refractivity contribution >= 4 is 5.97 Å². The summed E-state index contributed by atoms with van der Waals surface area (Å²) in [5.74, 6) is 1.85. The predicted octanol–water partition coefficient (Wildman–Crippen LogP) is 1.37. The Morgan fingerprint density at radius 3 is 3.00 bits per heavy atom. The molecule has 0 radical (unpaired) electrons. The molecule has 0 heterocycles. The first-order valence-corrected chi connectivity index (χ1v) is 4.56. The lowest BCUT2D eigenvalue weighted by molar-refractivity contribution is -0.148. The van der Waals surface area contributed by atoms with Crippen molar-refractivity contribution in [2.24, 2.45) is 23.2 Å². The van der Waals surface area contributed by atoms with Gasteiger partial charge in [-0.05, 0) is 30.6 Å². The minimum atomic E-state index is -0.0613. The van der Waals surface area contributed by atoms with Crippen LogP contribution in [0.3, 0.4) is 0 Å². The van der Waals surface area contributed by atoms with Crippen LogP contribution in [0.4, 0.5) is 0 Å². The van der Waals surface area contributed by atoms with E-state index < -0.39 is 0 Å². The highest BCUT2D eigenvalue weighted by molar-refractivity contribution is 5.82. The molecule has 3 aliphatic rings. The van der Waals surface area contributed by atoms with Crippen LogP contribution in [-0.2, 0) is 9.53 Å². The Kier molecular flexibility index (Phi) is 0.980. The van der Waals surface area contributed by atoms with Gasteiger partial charge in [0.2, 0.25) is 0 Å². The molecule has 0 saturated heterocycles.